The topological polar surface area (TPSA) is 78.4 Å². The van der Waals surface area contributed by atoms with Crippen molar-refractivity contribution in [3.8, 4) is 0 Å². The molecule has 1 aliphatic rings. The maximum absolute atomic E-state index is 12.8. The lowest BCUT2D eigenvalue weighted by Crippen LogP contribution is -2.57. The van der Waals surface area contributed by atoms with Gasteiger partial charge in [-0.1, -0.05) is 31.9 Å². The van der Waals surface area contributed by atoms with Crippen molar-refractivity contribution in [2.75, 3.05) is 20.1 Å². The molecule has 140 valence electrons. The highest BCUT2D eigenvalue weighted by Gasteiger charge is 2.35. The SMILES string of the molecule is CCCC[C@H]1C(=O)N(C)CCN1C(=O)CCn1c(=O)[nH]c2ccccc21. The number of hydrogen-bond donors (Lipinski definition) is 1. The lowest BCUT2D eigenvalue weighted by Gasteiger charge is -2.39. The van der Waals surface area contributed by atoms with Crippen LogP contribution < -0.4 is 5.69 Å². The normalized spacial score (nSPS) is 17.9. The third-order valence-electron chi connectivity index (χ3n) is 5.10. The molecule has 1 aliphatic heterocycles. The van der Waals surface area contributed by atoms with Crippen LogP contribution in [-0.2, 0) is 16.1 Å². The first-order valence-electron chi connectivity index (χ1n) is 9.25. The predicted molar refractivity (Wildman–Crippen MR) is 99.8 cm³/mol. The van der Waals surface area contributed by atoms with Crippen molar-refractivity contribution in [1.82, 2.24) is 19.4 Å². The number of para-hydroxylation sites is 2. The average Bonchev–Trinajstić information content (AvgIpc) is 2.96. The van der Waals surface area contributed by atoms with E-state index >= 15 is 0 Å². The number of imidazole rings is 1. The summed E-state index contributed by atoms with van der Waals surface area (Å²) in [5.41, 5.74) is 1.35. The second-order valence-electron chi connectivity index (χ2n) is 6.85. The van der Waals surface area contributed by atoms with Gasteiger partial charge in [-0.05, 0) is 18.6 Å². The van der Waals surface area contributed by atoms with E-state index in [2.05, 4.69) is 11.9 Å². The summed E-state index contributed by atoms with van der Waals surface area (Å²) in [6.45, 7) is 3.49. The van der Waals surface area contributed by atoms with Crippen LogP contribution in [0.4, 0.5) is 0 Å². The fourth-order valence-electron chi connectivity index (χ4n) is 3.57. The van der Waals surface area contributed by atoms with Gasteiger partial charge in [-0.2, -0.15) is 0 Å². The van der Waals surface area contributed by atoms with Gasteiger partial charge in [-0.25, -0.2) is 4.79 Å². The summed E-state index contributed by atoms with van der Waals surface area (Å²) < 4.78 is 1.59. The number of fused-ring (bicyclic) bond motifs is 1. The molecule has 0 unspecified atom stereocenters. The van der Waals surface area contributed by atoms with Gasteiger partial charge in [0.15, 0.2) is 0 Å². The molecule has 26 heavy (non-hydrogen) atoms. The van der Waals surface area contributed by atoms with Crippen LogP contribution in [0.25, 0.3) is 11.0 Å². The molecular weight excluding hydrogens is 332 g/mol. The monoisotopic (exact) mass is 358 g/mol. The standard InChI is InChI=1S/C19H26N4O3/c1-3-4-8-16-18(25)21(2)12-13-22(16)17(24)10-11-23-15-9-6-5-7-14(15)20-19(23)26/h5-7,9,16H,3-4,8,10-13H2,1-2H3,(H,20,26)/t16-/m0/s1. The molecule has 0 radical (unpaired) electrons. The van der Waals surface area contributed by atoms with Crippen molar-refractivity contribution in [2.24, 2.45) is 0 Å². The maximum atomic E-state index is 12.8. The Balaban J connectivity index is 1.72. The summed E-state index contributed by atoms with van der Waals surface area (Å²) >= 11 is 0. The van der Waals surface area contributed by atoms with Crippen molar-refractivity contribution in [3.63, 3.8) is 0 Å². The molecule has 1 aromatic heterocycles. The molecule has 1 aromatic carbocycles. The third-order valence-corrected chi connectivity index (χ3v) is 5.10. The zero-order chi connectivity index (χ0) is 18.7. The lowest BCUT2D eigenvalue weighted by molar-refractivity contribution is -0.150. The number of carbonyl (C=O) groups is 2. The van der Waals surface area contributed by atoms with Crippen molar-refractivity contribution in [2.45, 2.75) is 45.2 Å². The molecule has 1 atom stereocenters. The Labute approximate surface area is 152 Å². The van der Waals surface area contributed by atoms with Crippen molar-refractivity contribution >= 4 is 22.8 Å². The van der Waals surface area contributed by atoms with Crippen LogP contribution in [0.2, 0.25) is 0 Å². The number of rotatable bonds is 6. The summed E-state index contributed by atoms with van der Waals surface area (Å²) in [5, 5.41) is 0. The van der Waals surface area contributed by atoms with E-state index in [1.807, 2.05) is 24.3 Å². The molecular formula is C19H26N4O3. The fraction of sp³-hybridized carbons (Fsp3) is 0.526. The Hall–Kier alpha value is -2.57. The molecule has 0 saturated carbocycles. The van der Waals surface area contributed by atoms with Crippen LogP contribution in [0.15, 0.2) is 29.1 Å². The lowest BCUT2D eigenvalue weighted by atomic mass is 10.0. The van der Waals surface area contributed by atoms with Gasteiger partial charge in [0.05, 0.1) is 11.0 Å². The van der Waals surface area contributed by atoms with Gasteiger partial charge in [0.25, 0.3) is 0 Å². The number of aromatic nitrogens is 2. The summed E-state index contributed by atoms with van der Waals surface area (Å²) in [7, 11) is 1.79. The summed E-state index contributed by atoms with van der Waals surface area (Å²) in [5.74, 6) is -0.0490. The molecule has 2 amide bonds. The highest BCUT2D eigenvalue weighted by Crippen LogP contribution is 2.18. The number of piperazine rings is 1. The van der Waals surface area contributed by atoms with Crippen molar-refractivity contribution in [3.05, 3.63) is 34.7 Å². The highest BCUT2D eigenvalue weighted by molar-refractivity contribution is 5.88. The van der Waals surface area contributed by atoms with Crippen molar-refractivity contribution < 1.29 is 9.59 Å². The van der Waals surface area contributed by atoms with E-state index in [1.54, 1.807) is 21.4 Å². The number of benzene rings is 1. The average molecular weight is 358 g/mol. The number of unbranched alkanes of at least 4 members (excludes halogenated alkanes) is 1. The number of amides is 2. The number of nitrogens with zero attached hydrogens (tertiary/aromatic N) is 3. The van der Waals surface area contributed by atoms with Gasteiger partial charge in [0.2, 0.25) is 11.8 Å². The van der Waals surface area contributed by atoms with E-state index in [0.717, 1.165) is 23.9 Å². The van der Waals surface area contributed by atoms with E-state index in [4.69, 9.17) is 0 Å². The minimum atomic E-state index is -0.374. The number of H-pyrrole nitrogens is 1. The number of nitrogens with one attached hydrogen (secondary N) is 1. The number of aryl methyl sites for hydroxylation is 1. The first-order chi connectivity index (χ1) is 12.5. The molecule has 3 rings (SSSR count). The Morgan fingerprint density at radius 2 is 2.00 bits per heavy atom. The van der Waals surface area contributed by atoms with Gasteiger partial charge in [0, 0.05) is 33.1 Å². The summed E-state index contributed by atoms with van der Waals surface area (Å²) in [6.07, 6.45) is 2.80. The van der Waals surface area contributed by atoms with E-state index < -0.39 is 0 Å². The minimum absolute atomic E-state index is 0.0160. The van der Waals surface area contributed by atoms with Crippen LogP contribution in [0, 0.1) is 0 Å². The second-order valence-corrected chi connectivity index (χ2v) is 6.85. The molecule has 1 saturated heterocycles. The van der Waals surface area contributed by atoms with Crippen LogP contribution in [-0.4, -0.2) is 57.3 Å². The Morgan fingerprint density at radius 3 is 2.77 bits per heavy atom. The van der Waals surface area contributed by atoms with Gasteiger partial charge in [0.1, 0.15) is 6.04 Å². The van der Waals surface area contributed by atoms with Gasteiger partial charge >= 0.3 is 5.69 Å². The molecule has 7 nitrogen and oxygen atoms in total. The van der Waals surface area contributed by atoms with Crippen LogP contribution in [0.5, 0.6) is 0 Å². The molecule has 0 bridgehead atoms. The molecule has 1 N–H and O–H groups in total. The largest absolute Gasteiger partial charge is 0.342 e. The highest BCUT2D eigenvalue weighted by atomic mass is 16.2. The summed E-state index contributed by atoms with van der Waals surface area (Å²) in [6, 6.07) is 7.06. The van der Waals surface area contributed by atoms with Crippen LogP contribution in [0.3, 0.4) is 0 Å². The smallest absolute Gasteiger partial charge is 0.326 e. The molecule has 1 fully saturated rings. The Morgan fingerprint density at radius 1 is 1.23 bits per heavy atom. The van der Waals surface area contributed by atoms with E-state index in [-0.39, 0.29) is 30.0 Å². The zero-order valence-corrected chi connectivity index (χ0v) is 15.4. The third kappa shape index (κ3) is 3.52. The van der Waals surface area contributed by atoms with Gasteiger partial charge in [-0.3, -0.25) is 14.2 Å². The molecule has 7 heteroatoms. The fourth-order valence-corrected chi connectivity index (χ4v) is 3.57. The Bertz CT molecular complexity index is 854. The quantitative estimate of drug-likeness (QED) is 0.851. The molecule has 2 heterocycles. The first kappa shape index (κ1) is 18.2. The number of likely N-dealkylation sites (N-methyl/N-ethyl adjacent to an activating group) is 1. The predicted octanol–water partition coefficient (Wildman–Crippen LogP) is 1.58. The summed E-state index contributed by atoms with van der Waals surface area (Å²) in [4.78, 5) is 43.6. The maximum Gasteiger partial charge on any atom is 0.326 e. The van der Waals surface area contributed by atoms with Crippen LogP contribution in [0.1, 0.15) is 32.6 Å². The molecule has 2 aromatic rings. The van der Waals surface area contributed by atoms with Gasteiger partial charge < -0.3 is 14.8 Å². The van der Waals surface area contributed by atoms with E-state index in [0.29, 0.717) is 26.1 Å². The van der Waals surface area contributed by atoms with E-state index in [1.165, 1.54) is 0 Å². The first-order valence-corrected chi connectivity index (χ1v) is 9.25. The minimum Gasteiger partial charge on any atom is -0.342 e. The van der Waals surface area contributed by atoms with Gasteiger partial charge in [-0.15, -0.1) is 0 Å². The Kier molecular flexibility index (Phi) is 5.44. The zero-order valence-electron chi connectivity index (χ0n) is 15.4. The molecule has 0 aliphatic carbocycles. The number of carbonyl (C=O) groups excluding carboxylic acids is 2. The van der Waals surface area contributed by atoms with Crippen molar-refractivity contribution in [1.29, 1.82) is 0 Å². The number of aromatic amines is 1. The second kappa shape index (κ2) is 7.76. The number of hydrogen-bond acceptors (Lipinski definition) is 3. The molecule has 0 spiro atoms. The van der Waals surface area contributed by atoms with E-state index in [9.17, 15) is 14.4 Å². The van der Waals surface area contributed by atoms with Crippen LogP contribution >= 0.6 is 0 Å².